The Labute approximate surface area is 90.0 Å². The maximum Gasteiger partial charge on any atom is 0.177 e. The van der Waals surface area contributed by atoms with Crippen LogP contribution in [0.4, 0.5) is 4.39 Å². The van der Waals surface area contributed by atoms with Crippen molar-refractivity contribution in [3.8, 4) is 18.0 Å². The highest BCUT2D eigenvalue weighted by atomic mass is 19.1. The van der Waals surface area contributed by atoms with Crippen molar-refractivity contribution >= 4 is 0 Å². The van der Waals surface area contributed by atoms with Crippen LogP contribution in [0.1, 0.15) is 11.4 Å². The molecule has 2 aromatic rings. The van der Waals surface area contributed by atoms with Crippen molar-refractivity contribution in [2.24, 2.45) is 0 Å². The van der Waals surface area contributed by atoms with Crippen LogP contribution in [0.25, 0.3) is 5.82 Å². The van der Waals surface area contributed by atoms with E-state index in [0.29, 0.717) is 5.82 Å². The summed E-state index contributed by atoms with van der Waals surface area (Å²) in [5.41, 5.74) is 0.107. The van der Waals surface area contributed by atoms with E-state index in [9.17, 15) is 4.39 Å². The normalized spacial score (nSPS) is 9.44. The van der Waals surface area contributed by atoms with Crippen LogP contribution in [0.2, 0.25) is 0 Å². The van der Waals surface area contributed by atoms with Crippen molar-refractivity contribution in [2.45, 2.75) is 0 Å². The molecule has 0 N–H and O–H groups in total. The van der Waals surface area contributed by atoms with Crippen molar-refractivity contribution in [3.05, 3.63) is 41.9 Å². The van der Waals surface area contributed by atoms with Gasteiger partial charge in [0.1, 0.15) is 30.1 Å². The molecule has 0 saturated heterocycles. The molecule has 16 heavy (non-hydrogen) atoms. The van der Waals surface area contributed by atoms with Crippen LogP contribution < -0.4 is 0 Å². The molecule has 2 aromatic heterocycles. The zero-order valence-corrected chi connectivity index (χ0v) is 7.92. The van der Waals surface area contributed by atoms with Gasteiger partial charge in [0, 0.05) is 0 Å². The number of pyridine rings is 1. The van der Waals surface area contributed by atoms with Gasteiger partial charge < -0.3 is 0 Å². The Hall–Kier alpha value is -2.73. The van der Waals surface area contributed by atoms with E-state index < -0.39 is 5.82 Å². The largest absolute Gasteiger partial charge is 0.273 e. The van der Waals surface area contributed by atoms with E-state index in [-0.39, 0.29) is 11.4 Å². The Morgan fingerprint density at radius 1 is 1.19 bits per heavy atom. The first kappa shape index (κ1) is 9.81. The number of imidazole rings is 1. The Kier molecular flexibility index (Phi) is 2.33. The third kappa shape index (κ3) is 1.49. The van der Waals surface area contributed by atoms with Crippen molar-refractivity contribution < 1.29 is 4.39 Å². The Morgan fingerprint density at radius 3 is 2.56 bits per heavy atom. The van der Waals surface area contributed by atoms with Gasteiger partial charge in [0.2, 0.25) is 0 Å². The van der Waals surface area contributed by atoms with Gasteiger partial charge in [-0.05, 0) is 12.1 Å². The van der Waals surface area contributed by atoms with Crippen LogP contribution in [0.15, 0.2) is 24.7 Å². The first-order valence-corrected chi connectivity index (χ1v) is 4.25. The lowest BCUT2D eigenvalue weighted by Gasteiger charge is -2.01. The van der Waals surface area contributed by atoms with Crippen molar-refractivity contribution in [3.63, 3.8) is 0 Å². The molecule has 2 rings (SSSR count). The van der Waals surface area contributed by atoms with Crippen LogP contribution >= 0.6 is 0 Å². The molecule has 2 heterocycles. The molecule has 0 aromatic carbocycles. The first-order valence-electron chi connectivity index (χ1n) is 4.25. The van der Waals surface area contributed by atoms with E-state index in [1.807, 2.05) is 6.07 Å². The topological polar surface area (TPSA) is 78.3 Å². The molecule has 0 atom stereocenters. The summed E-state index contributed by atoms with van der Waals surface area (Å²) in [5, 5.41) is 17.6. The van der Waals surface area contributed by atoms with E-state index in [4.69, 9.17) is 10.5 Å². The summed E-state index contributed by atoms with van der Waals surface area (Å²) < 4.78 is 14.0. The molecule has 0 saturated carbocycles. The summed E-state index contributed by atoms with van der Waals surface area (Å²) in [4.78, 5) is 7.54. The van der Waals surface area contributed by atoms with Crippen LogP contribution in [-0.2, 0) is 0 Å². The second kappa shape index (κ2) is 3.79. The Morgan fingerprint density at radius 2 is 2.00 bits per heavy atom. The summed E-state index contributed by atoms with van der Waals surface area (Å²) in [7, 11) is 0. The third-order valence-corrected chi connectivity index (χ3v) is 1.94. The molecule has 0 unspecified atom stereocenters. The van der Waals surface area contributed by atoms with Crippen LogP contribution in [0, 0.1) is 28.5 Å². The Balaban J connectivity index is 2.58. The molecular formula is C10H4FN5. The fraction of sp³-hybridized carbons (Fsp3) is 0. The highest BCUT2D eigenvalue weighted by molar-refractivity contribution is 5.41. The minimum Gasteiger partial charge on any atom is -0.273 e. The van der Waals surface area contributed by atoms with Crippen molar-refractivity contribution in [1.29, 1.82) is 10.5 Å². The predicted octanol–water partition coefficient (Wildman–Crippen LogP) is 1.15. The molecule has 76 valence electrons. The summed E-state index contributed by atoms with van der Waals surface area (Å²) in [6.45, 7) is 0. The molecule has 6 heteroatoms. The number of halogens is 1. The summed E-state index contributed by atoms with van der Waals surface area (Å²) in [6, 6.07) is 6.26. The number of rotatable bonds is 1. The number of hydrogen-bond acceptors (Lipinski definition) is 4. The minimum absolute atomic E-state index is 0.0219. The van der Waals surface area contributed by atoms with Crippen LogP contribution in [0.5, 0.6) is 0 Å². The third-order valence-electron chi connectivity index (χ3n) is 1.94. The Bertz CT molecular complexity index is 600. The lowest BCUT2D eigenvalue weighted by Crippen LogP contribution is -1.99. The second-order valence-electron chi connectivity index (χ2n) is 2.87. The molecule has 0 aliphatic carbocycles. The molecule has 0 bridgehead atoms. The van der Waals surface area contributed by atoms with E-state index in [0.717, 1.165) is 6.20 Å². The monoisotopic (exact) mass is 213 g/mol. The number of hydrogen-bond donors (Lipinski definition) is 0. The number of nitrogens with zero attached hydrogens (tertiary/aromatic N) is 5. The van der Waals surface area contributed by atoms with Gasteiger partial charge in [-0.15, -0.1) is 0 Å². The van der Waals surface area contributed by atoms with Crippen molar-refractivity contribution in [2.75, 3.05) is 0 Å². The van der Waals surface area contributed by atoms with E-state index in [1.165, 1.54) is 23.0 Å². The first-order chi connectivity index (χ1) is 7.76. The average molecular weight is 213 g/mol. The van der Waals surface area contributed by atoms with Crippen molar-refractivity contribution in [1.82, 2.24) is 14.5 Å². The zero-order chi connectivity index (χ0) is 11.5. The van der Waals surface area contributed by atoms with Gasteiger partial charge in [-0.3, -0.25) is 4.57 Å². The smallest absolute Gasteiger partial charge is 0.177 e. The standard InChI is InChI=1S/C10H4FN5/c11-7-1-2-10(14-5-7)16-6-15-8(3-12)9(16)4-13/h1-2,5-6H. The quantitative estimate of drug-likeness (QED) is 0.711. The van der Waals surface area contributed by atoms with Gasteiger partial charge in [0.15, 0.2) is 11.4 Å². The SMILES string of the molecule is N#Cc1ncn(-c2ccc(F)cn2)c1C#N. The lowest BCUT2D eigenvalue weighted by molar-refractivity contribution is 0.620. The van der Waals surface area contributed by atoms with E-state index in [1.54, 1.807) is 6.07 Å². The summed E-state index contributed by atoms with van der Waals surface area (Å²) >= 11 is 0. The highest BCUT2D eigenvalue weighted by Gasteiger charge is 2.11. The molecule has 0 radical (unpaired) electrons. The van der Waals surface area contributed by atoms with Gasteiger partial charge in [0.05, 0.1) is 6.20 Å². The van der Waals surface area contributed by atoms with Gasteiger partial charge in [-0.2, -0.15) is 10.5 Å². The zero-order valence-electron chi connectivity index (χ0n) is 7.92. The molecular weight excluding hydrogens is 209 g/mol. The molecule has 0 spiro atoms. The predicted molar refractivity (Wildman–Crippen MR) is 50.7 cm³/mol. The minimum atomic E-state index is -0.470. The maximum absolute atomic E-state index is 12.7. The van der Waals surface area contributed by atoms with Gasteiger partial charge in [0.25, 0.3) is 0 Å². The summed E-state index contributed by atoms with van der Waals surface area (Å²) in [5.74, 6) is -0.130. The van der Waals surface area contributed by atoms with E-state index in [2.05, 4.69) is 9.97 Å². The number of nitriles is 2. The summed E-state index contributed by atoms with van der Waals surface area (Å²) in [6.07, 6.45) is 2.33. The van der Waals surface area contributed by atoms with Gasteiger partial charge >= 0.3 is 0 Å². The average Bonchev–Trinajstić information content (AvgIpc) is 2.72. The molecule has 0 amide bonds. The highest BCUT2D eigenvalue weighted by Crippen LogP contribution is 2.11. The fourth-order valence-electron chi connectivity index (χ4n) is 1.22. The van der Waals surface area contributed by atoms with Crippen LogP contribution in [0.3, 0.4) is 0 Å². The fourth-order valence-corrected chi connectivity index (χ4v) is 1.22. The molecule has 0 aliphatic rings. The van der Waals surface area contributed by atoms with Crippen LogP contribution in [-0.4, -0.2) is 14.5 Å². The van der Waals surface area contributed by atoms with Gasteiger partial charge in [-0.1, -0.05) is 0 Å². The van der Waals surface area contributed by atoms with Gasteiger partial charge in [-0.25, -0.2) is 14.4 Å². The molecule has 0 fully saturated rings. The number of aromatic nitrogens is 3. The molecule has 0 aliphatic heterocycles. The maximum atomic E-state index is 12.7. The lowest BCUT2D eigenvalue weighted by atomic mass is 10.3. The second-order valence-corrected chi connectivity index (χ2v) is 2.87. The van der Waals surface area contributed by atoms with E-state index >= 15 is 0 Å². The molecule has 5 nitrogen and oxygen atoms in total.